The molecule has 0 fully saturated rings. The Balaban J connectivity index is 1.67. The Kier molecular flexibility index (Phi) is 6.46. The van der Waals surface area contributed by atoms with Crippen molar-refractivity contribution >= 4 is 27.3 Å². The molecule has 1 aliphatic rings. The third-order valence-electron chi connectivity index (χ3n) is 5.32. The van der Waals surface area contributed by atoms with Gasteiger partial charge in [-0.3, -0.25) is 9.52 Å². The van der Waals surface area contributed by atoms with Gasteiger partial charge in [-0.05, 0) is 42.8 Å². The highest BCUT2D eigenvalue weighted by molar-refractivity contribution is 7.92. The van der Waals surface area contributed by atoms with Crippen molar-refractivity contribution < 1.29 is 17.9 Å². The first-order valence-corrected chi connectivity index (χ1v) is 12.1. The molecule has 0 radical (unpaired) electrons. The Bertz CT molecular complexity index is 1290. The van der Waals surface area contributed by atoms with Crippen LogP contribution in [0, 0.1) is 0 Å². The summed E-state index contributed by atoms with van der Waals surface area (Å²) in [4.78, 5) is 12.6. The lowest BCUT2D eigenvalue weighted by atomic mass is 9.97. The van der Waals surface area contributed by atoms with Gasteiger partial charge in [0.25, 0.3) is 10.0 Å². The monoisotopic (exact) mass is 463 g/mol. The normalized spacial score (nSPS) is 15.8. The standard InChI is InChI=1S/C25H25N3O4S/c1-3-32-20-11-9-10-19(16-20)25-17-24(26-28(25)18(2)29)22-14-7-8-15-23(22)27-33(30,31)21-12-5-4-6-13-21/h4-16,25,27H,3,17H2,1-2H3/t25-/m1/s1. The minimum atomic E-state index is -3.77. The molecule has 1 atom stereocenters. The van der Waals surface area contributed by atoms with Crippen LogP contribution >= 0.6 is 0 Å². The van der Waals surface area contributed by atoms with Crippen molar-refractivity contribution in [1.82, 2.24) is 5.01 Å². The predicted octanol–water partition coefficient (Wildman–Crippen LogP) is 4.58. The number of ether oxygens (including phenoxy) is 1. The molecule has 0 spiro atoms. The van der Waals surface area contributed by atoms with Crippen LogP contribution in [0.5, 0.6) is 5.75 Å². The van der Waals surface area contributed by atoms with Gasteiger partial charge in [0.05, 0.1) is 28.9 Å². The molecule has 33 heavy (non-hydrogen) atoms. The van der Waals surface area contributed by atoms with Crippen molar-refractivity contribution in [3.63, 3.8) is 0 Å². The Labute approximate surface area is 193 Å². The van der Waals surface area contributed by atoms with Crippen molar-refractivity contribution in [2.24, 2.45) is 5.10 Å². The molecular weight excluding hydrogens is 438 g/mol. The van der Waals surface area contributed by atoms with Crippen LogP contribution in [-0.2, 0) is 14.8 Å². The minimum absolute atomic E-state index is 0.171. The maximum Gasteiger partial charge on any atom is 0.261 e. The molecule has 170 valence electrons. The molecule has 0 aromatic heterocycles. The highest BCUT2D eigenvalue weighted by Crippen LogP contribution is 2.36. The number of amides is 1. The second-order valence-corrected chi connectivity index (χ2v) is 9.28. The molecule has 0 saturated carbocycles. The largest absolute Gasteiger partial charge is 0.494 e. The third-order valence-corrected chi connectivity index (χ3v) is 6.70. The number of anilines is 1. The van der Waals surface area contributed by atoms with Gasteiger partial charge >= 0.3 is 0 Å². The van der Waals surface area contributed by atoms with E-state index in [0.717, 1.165) is 11.3 Å². The van der Waals surface area contributed by atoms with E-state index in [9.17, 15) is 13.2 Å². The average molecular weight is 464 g/mol. The van der Waals surface area contributed by atoms with Gasteiger partial charge in [0, 0.05) is 18.9 Å². The van der Waals surface area contributed by atoms with E-state index in [-0.39, 0.29) is 16.8 Å². The van der Waals surface area contributed by atoms with E-state index in [0.29, 0.717) is 30.0 Å². The number of nitrogens with zero attached hydrogens (tertiary/aromatic N) is 2. The number of sulfonamides is 1. The van der Waals surface area contributed by atoms with Crippen LogP contribution in [0.25, 0.3) is 0 Å². The van der Waals surface area contributed by atoms with Crippen molar-refractivity contribution in [3.05, 3.63) is 90.0 Å². The fraction of sp³-hybridized carbons (Fsp3) is 0.200. The van der Waals surface area contributed by atoms with Crippen molar-refractivity contribution in [2.45, 2.75) is 31.2 Å². The van der Waals surface area contributed by atoms with E-state index in [4.69, 9.17) is 4.74 Å². The maximum atomic E-state index is 12.9. The molecule has 1 amide bonds. The SMILES string of the molecule is CCOc1cccc([C@H]2CC(c3ccccc3NS(=O)(=O)c3ccccc3)=NN2C(C)=O)c1. The van der Waals surface area contributed by atoms with E-state index >= 15 is 0 Å². The molecule has 1 heterocycles. The van der Waals surface area contributed by atoms with Gasteiger partial charge in [0.15, 0.2) is 0 Å². The Morgan fingerprint density at radius 1 is 1.06 bits per heavy atom. The molecular formula is C25H25N3O4S. The molecule has 3 aromatic rings. The number of hydrazone groups is 1. The van der Waals surface area contributed by atoms with Crippen LogP contribution in [0.3, 0.4) is 0 Å². The van der Waals surface area contributed by atoms with Crippen molar-refractivity contribution in [3.8, 4) is 5.75 Å². The molecule has 0 saturated heterocycles. The zero-order valence-electron chi connectivity index (χ0n) is 18.4. The molecule has 7 nitrogen and oxygen atoms in total. The summed E-state index contributed by atoms with van der Waals surface area (Å²) in [6.07, 6.45) is 0.444. The molecule has 8 heteroatoms. The molecule has 0 bridgehead atoms. The van der Waals surface area contributed by atoms with Gasteiger partial charge in [-0.25, -0.2) is 13.4 Å². The highest BCUT2D eigenvalue weighted by atomic mass is 32.2. The van der Waals surface area contributed by atoms with Crippen LogP contribution in [0.1, 0.15) is 37.4 Å². The minimum Gasteiger partial charge on any atom is -0.494 e. The van der Waals surface area contributed by atoms with E-state index in [1.165, 1.54) is 24.1 Å². The number of hydrogen-bond acceptors (Lipinski definition) is 5. The van der Waals surface area contributed by atoms with E-state index < -0.39 is 10.0 Å². The summed E-state index contributed by atoms with van der Waals surface area (Å²) in [6.45, 7) is 3.93. The van der Waals surface area contributed by atoms with Gasteiger partial charge in [-0.15, -0.1) is 0 Å². The zero-order valence-corrected chi connectivity index (χ0v) is 19.2. The first kappa shape index (κ1) is 22.5. The zero-order chi connectivity index (χ0) is 23.4. The van der Waals surface area contributed by atoms with Crippen molar-refractivity contribution in [2.75, 3.05) is 11.3 Å². The second kappa shape index (κ2) is 9.46. The number of para-hydroxylation sites is 1. The number of carbonyl (C=O) groups is 1. The number of nitrogens with one attached hydrogen (secondary N) is 1. The van der Waals surface area contributed by atoms with Gasteiger partial charge in [0.2, 0.25) is 5.91 Å². The summed E-state index contributed by atoms with van der Waals surface area (Å²) < 4.78 is 34.1. The number of carbonyl (C=O) groups excluding carboxylic acids is 1. The lowest BCUT2D eigenvalue weighted by Crippen LogP contribution is -2.24. The summed E-state index contributed by atoms with van der Waals surface area (Å²) in [7, 11) is -3.77. The number of benzene rings is 3. The van der Waals surface area contributed by atoms with Crippen LogP contribution in [-0.4, -0.2) is 31.7 Å². The van der Waals surface area contributed by atoms with E-state index in [1.54, 1.807) is 36.4 Å². The Morgan fingerprint density at radius 2 is 1.79 bits per heavy atom. The molecule has 0 aliphatic carbocycles. The third kappa shape index (κ3) is 4.90. The fourth-order valence-corrected chi connectivity index (χ4v) is 4.93. The topological polar surface area (TPSA) is 88.1 Å². The second-order valence-electron chi connectivity index (χ2n) is 7.60. The summed E-state index contributed by atoms with van der Waals surface area (Å²) in [6, 6.07) is 22.6. The van der Waals surface area contributed by atoms with Gasteiger partial charge in [-0.2, -0.15) is 5.10 Å². The van der Waals surface area contributed by atoms with Crippen LogP contribution < -0.4 is 9.46 Å². The van der Waals surface area contributed by atoms with Gasteiger partial charge < -0.3 is 4.74 Å². The fourth-order valence-electron chi connectivity index (χ4n) is 3.83. The molecule has 1 aliphatic heterocycles. The smallest absolute Gasteiger partial charge is 0.261 e. The highest BCUT2D eigenvalue weighted by Gasteiger charge is 2.32. The first-order chi connectivity index (χ1) is 15.9. The predicted molar refractivity (Wildman–Crippen MR) is 128 cm³/mol. The molecule has 1 N–H and O–H groups in total. The summed E-state index contributed by atoms with van der Waals surface area (Å²) in [5.41, 5.74) is 2.57. The lowest BCUT2D eigenvalue weighted by molar-refractivity contribution is -0.130. The van der Waals surface area contributed by atoms with Crippen LogP contribution in [0.2, 0.25) is 0 Å². The van der Waals surface area contributed by atoms with Gasteiger partial charge in [-0.1, -0.05) is 48.5 Å². The van der Waals surface area contributed by atoms with Crippen LogP contribution in [0.4, 0.5) is 5.69 Å². The Morgan fingerprint density at radius 3 is 2.52 bits per heavy atom. The Hall–Kier alpha value is -3.65. The van der Waals surface area contributed by atoms with Crippen LogP contribution in [0.15, 0.2) is 88.9 Å². The quantitative estimate of drug-likeness (QED) is 0.555. The average Bonchev–Trinajstić information content (AvgIpc) is 3.26. The van der Waals surface area contributed by atoms with E-state index in [2.05, 4.69) is 9.82 Å². The van der Waals surface area contributed by atoms with Crippen molar-refractivity contribution in [1.29, 1.82) is 0 Å². The maximum absolute atomic E-state index is 12.9. The lowest BCUT2D eigenvalue weighted by Gasteiger charge is -2.21. The number of rotatable bonds is 7. The summed E-state index contributed by atoms with van der Waals surface area (Å²) in [5.74, 6) is 0.530. The number of hydrogen-bond donors (Lipinski definition) is 1. The summed E-state index contributed by atoms with van der Waals surface area (Å²) >= 11 is 0. The first-order valence-electron chi connectivity index (χ1n) is 10.7. The molecule has 0 unspecified atom stereocenters. The summed E-state index contributed by atoms with van der Waals surface area (Å²) in [5, 5.41) is 6.03. The van der Waals surface area contributed by atoms with E-state index in [1.807, 2.05) is 37.3 Å². The molecule has 4 rings (SSSR count). The molecule has 3 aromatic carbocycles. The van der Waals surface area contributed by atoms with Gasteiger partial charge in [0.1, 0.15) is 5.75 Å².